The maximum Gasteiger partial charge on any atom is 0.288 e. The van der Waals surface area contributed by atoms with Crippen molar-refractivity contribution in [2.45, 2.75) is 59.2 Å². The van der Waals surface area contributed by atoms with E-state index in [4.69, 9.17) is 16.6 Å². The molecule has 40 heavy (non-hydrogen) atoms. The summed E-state index contributed by atoms with van der Waals surface area (Å²) in [5.74, 6) is -1.58. The van der Waals surface area contributed by atoms with Crippen LogP contribution in [0.15, 0.2) is 42.9 Å². The van der Waals surface area contributed by atoms with Crippen molar-refractivity contribution >= 4 is 29.0 Å². The highest BCUT2D eigenvalue weighted by Gasteiger charge is 2.34. The van der Waals surface area contributed by atoms with E-state index in [2.05, 4.69) is 15.1 Å². The van der Waals surface area contributed by atoms with Gasteiger partial charge >= 0.3 is 0 Å². The van der Waals surface area contributed by atoms with Gasteiger partial charge in [-0.3, -0.25) is 9.48 Å². The number of anilines is 2. The van der Waals surface area contributed by atoms with E-state index in [0.29, 0.717) is 46.0 Å². The Labute approximate surface area is 236 Å². The molecule has 0 N–H and O–H groups in total. The first-order chi connectivity index (χ1) is 18.8. The van der Waals surface area contributed by atoms with Crippen molar-refractivity contribution < 1.29 is 13.6 Å². The molecule has 4 heterocycles. The number of alkyl halides is 2. The Kier molecular flexibility index (Phi) is 7.11. The highest BCUT2D eigenvalue weighted by Crippen LogP contribution is 2.37. The van der Waals surface area contributed by atoms with Crippen molar-refractivity contribution in [3.05, 3.63) is 59.1 Å². The van der Waals surface area contributed by atoms with E-state index in [9.17, 15) is 13.6 Å². The Hall–Kier alpha value is -3.86. The highest BCUT2D eigenvalue weighted by molar-refractivity contribution is 6.32. The second-order valence-corrected chi connectivity index (χ2v) is 11.0. The standard InChI is InChI=1S/C28H31ClF2N8O/c1-16(2)38-21-12-32-25(24-20(29)11-33-39(24)17(3)4)35-27(21)37(15-23(38)40)13-18-7-9-19(10-8-18)26-34-22(14-36(26)6)28(5,30)31/h7-12,14,16-17H,13,15H2,1-6H3. The Balaban J connectivity index is 1.50. The van der Waals surface area contributed by atoms with Crippen LogP contribution in [-0.2, 0) is 24.3 Å². The van der Waals surface area contributed by atoms with Gasteiger partial charge in [0, 0.05) is 44.4 Å². The van der Waals surface area contributed by atoms with Gasteiger partial charge in [-0.2, -0.15) is 13.9 Å². The lowest BCUT2D eigenvalue weighted by Gasteiger charge is -2.38. The second kappa shape index (κ2) is 10.3. The molecule has 1 aromatic carbocycles. The van der Waals surface area contributed by atoms with Gasteiger partial charge in [-0.25, -0.2) is 15.0 Å². The number of rotatable bonds is 7. The number of imidazole rings is 1. The van der Waals surface area contributed by atoms with Crippen LogP contribution in [0.2, 0.25) is 5.02 Å². The minimum atomic E-state index is -3.02. The number of carbonyl (C=O) groups is 1. The van der Waals surface area contributed by atoms with Gasteiger partial charge in [0.2, 0.25) is 5.91 Å². The van der Waals surface area contributed by atoms with Crippen LogP contribution < -0.4 is 9.80 Å². The first-order valence-electron chi connectivity index (χ1n) is 13.0. The van der Waals surface area contributed by atoms with E-state index >= 15 is 0 Å². The van der Waals surface area contributed by atoms with Crippen molar-refractivity contribution in [1.29, 1.82) is 0 Å². The van der Waals surface area contributed by atoms with Crippen LogP contribution in [0.1, 0.15) is 51.9 Å². The molecule has 0 radical (unpaired) electrons. The normalized spacial score (nSPS) is 14.0. The molecule has 0 spiro atoms. The van der Waals surface area contributed by atoms with Crippen LogP contribution in [0.4, 0.5) is 20.3 Å². The predicted molar refractivity (Wildman–Crippen MR) is 151 cm³/mol. The van der Waals surface area contributed by atoms with E-state index in [-0.39, 0.29) is 30.2 Å². The van der Waals surface area contributed by atoms with Crippen LogP contribution >= 0.6 is 11.6 Å². The molecule has 1 aliphatic heterocycles. The Morgan fingerprint density at radius 1 is 1.05 bits per heavy atom. The predicted octanol–water partition coefficient (Wildman–Crippen LogP) is 5.85. The molecule has 1 aliphatic rings. The number of halogens is 3. The quantitative estimate of drug-likeness (QED) is 0.278. The molecular formula is C28H31ClF2N8O. The van der Waals surface area contributed by atoms with Crippen LogP contribution in [0.5, 0.6) is 0 Å². The topological polar surface area (TPSA) is 85.0 Å². The zero-order valence-corrected chi connectivity index (χ0v) is 24.0. The molecule has 12 heteroatoms. The number of hydrogen-bond acceptors (Lipinski definition) is 6. The van der Waals surface area contributed by atoms with Gasteiger partial charge in [0.25, 0.3) is 5.92 Å². The SMILES string of the molecule is CC(C)N1C(=O)CN(Cc2ccc(-c3nc(C(C)(F)F)cn3C)cc2)c2nc(-c3c(Cl)cnn3C(C)C)ncc21. The number of fused-ring (bicyclic) bond motifs is 1. The molecule has 0 atom stereocenters. The molecule has 5 rings (SSSR count). The summed E-state index contributed by atoms with van der Waals surface area (Å²) in [6, 6.07) is 7.46. The fourth-order valence-electron chi connectivity index (χ4n) is 4.90. The number of aromatic nitrogens is 6. The summed E-state index contributed by atoms with van der Waals surface area (Å²) in [5, 5.41) is 4.82. The van der Waals surface area contributed by atoms with E-state index < -0.39 is 5.92 Å². The van der Waals surface area contributed by atoms with Gasteiger partial charge in [-0.15, -0.1) is 0 Å². The third-order valence-corrected chi connectivity index (χ3v) is 7.06. The molecule has 3 aromatic heterocycles. The van der Waals surface area contributed by atoms with Crippen molar-refractivity contribution in [3.8, 4) is 22.9 Å². The highest BCUT2D eigenvalue weighted by atomic mass is 35.5. The van der Waals surface area contributed by atoms with E-state index in [1.54, 1.807) is 33.6 Å². The summed E-state index contributed by atoms with van der Waals surface area (Å²) in [4.78, 5) is 30.4. The maximum absolute atomic E-state index is 13.8. The molecular weight excluding hydrogens is 538 g/mol. The molecule has 4 aromatic rings. The van der Waals surface area contributed by atoms with E-state index in [1.807, 2.05) is 56.9 Å². The zero-order chi connectivity index (χ0) is 28.9. The van der Waals surface area contributed by atoms with Crippen molar-refractivity contribution in [2.24, 2.45) is 7.05 Å². The average Bonchev–Trinajstić information content (AvgIpc) is 3.47. The number of nitrogens with zero attached hydrogens (tertiary/aromatic N) is 8. The smallest absolute Gasteiger partial charge is 0.288 e. The van der Waals surface area contributed by atoms with Gasteiger partial charge in [0.1, 0.15) is 22.9 Å². The van der Waals surface area contributed by atoms with Gasteiger partial charge < -0.3 is 14.4 Å². The fourth-order valence-corrected chi connectivity index (χ4v) is 5.11. The molecule has 0 saturated carbocycles. The van der Waals surface area contributed by atoms with Crippen molar-refractivity contribution in [3.63, 3.8) is 0 Å². The Morgan fingerprint density at radius 2 is 1.75 bits per heavy atom. The van der Waals surface area contributed by atoms with Crippen molar-refractivity contribution in [1.82, 2.24) is 29.3 Å². The van der Waals surface area contributed by atoms with Gasteiger partial charge in [-0.1, -0.05) is 35.9 Å². The molecule has 1 amide bonds. The summed E-state index contributed by atoms with van der Waals surface area (Å²) < 4.78 is 30.9. The lowest BCUT2D eigenvalue weighted by Crippen LogP contribution is -2.49. The molecule has 9 nitrogen and oxygen atoms in total. The Bertz CT molecular complexity index is 1560. The van der Waals surface area contributed by atoms with E-state index in [1.165, 1.54) is 6.20 Å². The number of amides is 1. The third kappa shape index (κ3) is 5.05. The lowest BCUT2D eigenvalue weighted by atomic mass is 10.1. The molecule has 0 aliphatic carbocycles. The molecule has 0 bridgehead atoms. The van der Waals surface area contributed by atoms with Crippen LogP contribution in [0.3, 0.4) is 0 Å². The summed E-state index contributed by atoms with van der Waals surface area (Å²) in [7, 11) is 1.69. The molecule has 210 valence electrons. The number of benzene rings is 1. The second-order valence-electron chi connectivity index (χ2n) is 10.6. The summed E-state index contributed by atoms with van der Waals surface area (Å²) in [5.41, 5.74) is 2.59. The van der Waals surface area contributed by atoms with E-state index in [0.717, 1.165) is 12.5 Å². The lowest BCUT2D eigenvalue weighted by molar-refractivity contribution is -0.118. The number of hydrogen-bond donors (Lipinski definition) is 0. The third-order valence-electron chi connectivity index (χ3n) is 6.78. The monoisotopic (exact) mass is 568 g/mol. The van der Waals surface area contributed by atoms with Crippen LogP contribution in [0.25, 0.3) is 22.9 Å². The minimum absolute atomic E-state index is 0.0452. The zero-order valence-electron chi connectivity index (χ0n) is 23.2. The maximum atomic E-state index is 13.8. The Morgan fingerprint density at radius 3 is 2.35 bits per heavy atom. The van der Waals surface area contributed by atoms with Crippen LogP contribution in [-0.4, -0.2) is 47.8 Å². The fraction of sp³-hybridized carbons (Fsp3) is 0.393. The summed E-state index contributed by atoms with van der Waals surface area (Å²) in [6.07, 6.45) is 4.59. The molecule has 0 saturated heterocycles. The largest absolute Gasteiger partial charge is 0.341 e. The van der Waals surface area contributed by atoms with Gasteiger partial charge in [-0.05, 0) is 33.3 Å². The first kappa shape index (κ1) is 27.7. The molecule has 0 unspecified atom stereocenters. The number of carbonyl (C=O) groups excluding carboxylic acids is 1. The van der Waals surface area contributed by atoms with Crippen LogP contribution in [0, 0.1) is 0 Å². The van der Waals surface area contributed by atoms with Gasteiger partial charge in [0.15, 0.2) is 11.6 Å². The number of aryl methyl sites for hydroxylation is 1. The minimum Gasteiger partial charge on any atom is -0.341 e. The first-order valence-corrected chi connectivity index (χ1v) is 13.4. The molecule has 0 fully saturated rings. The summed E-state index contributed by atoms with van der Waals surface area (Å²) >= 11 is 6.49. The average molecular weight is 569 g/mol. The van der Waals surface area contributed by atoms with Gasteiger partial charge in [0.05, 0.1) is 24.0 Å². The van der Waals surface area contributed by atoms with Crippen molar-refractivity contribution in [2.75, 3.05) is 16.3 Å². The summed E-state index contributed by atoms with van der Waals surface area (Å²) in [6.45, 7) is 9.27.